The van der Waals surface area contributed by atoms with Crippen LogP contribution in [0.1, 0.15) is 48.7 Å². The highest BCUT2D eigenvalue weighted by atomic mass is 79.9. The number of alkyl halides is 1. The molecular formula is C34H41BrN4O12S. The van der Waals surface area contributed by atoms with Gasteiger partial charge < -0.3 is 37.0 Å². The van der Waals surface area contributed by atoms with Crippen LogP contribution in [0.15, 0.2) is 47.6 Å². The highest BCUT2D eigenvalue weighted by molar-refractivity contribution is 9.08. The third kappa shape index (κ3) is 12.6. The second-order valence-corrected chi connectivity index (χ2v) is 12.7. The topological polar surface area (TPSA) is 202 Å². The fraction of sp³-hybridized carbons (Fsp3) is 0.500. The van der Waals surface area contributed by atoms with Gasteiger partial charge in [0.05, 0.1) is 26.2 Å². The van der Waals surface area contributed by atoms with Gasteiger partial charge in [-0.2, -0.15) is 0 Å². The van der Waals surface area contributed by atoms with Gasteiger partial charge in [0.15, 0.2) is 12.2 Å². The van der Waals surface area contributed by atoms with Crippen molar-refractivity contribution in [1.82, 2.24) is 4.90 Å². The molecule has 0 spiro atoms. The summed E-state index contributed by atoms with van der Waals surface area (Å²) in [7, 11) is 2.79. The van der Waals surface area contributed by atoms with Crippen LogP contribution in [0, 0.1) is 11.8 Å². The number of azide groups is 1. The van der Waals surface area contributed by atoms with Crippen molar-refractivity contribution in [2.24, 2.45) is 17.0 Å². The van der Waals surface area contributed by atoms with Gasteiger partial charge in [-0.3, -0.25) is 24.0 Å². The summed E-state index contributed by atoms with van der Waals surface area (Å²) in [5.41, 5.74) is 10.3. The van der Waals surface area contributed by atoms with Crippen LogP contribution in [0.5, 0.6) is 11.5 Å². The maximum atomic E-state index is 13.4. The summed E-state index contributed by atoms with van der Waals surface area (Å²) in [5, 5.41) is 4.08. The highest BCUT2D eigenvalue weighted by Crippen LogP contribution is 2.40. The lowest BCUT2D eigenvalue weighted by Gasteiger charge is -2.44. The summed E-state index contributed by atoms with van der Waals surface area (Å²) in [6, 6.07) is 12.1. The minimum atomic E-state index is -1.35. The molecule has 3 rings (SSSR count). The molecule has 0 heterocycles. The fourth-order valence-electron chi connectivity index (χ4n) is 5.60. The number of amides is 1. The standard InChI is InChI=1S/C34H41BrN4O12S/c1-20(40)47-30-26(17-28(34(44)45-5)31(48-21(2)41)32(30)49-22(3)42)16-24-8-9-25(33(43)39(4)13-15-46-14-12-37-38-36)18-29(24)51-52-50-27-10-6-23(19-35)7-11-27/h6-11,18,26,28,30-32H,12-17,19H2,1-5H3/t26-,28+,30+,31-,32-/m1/s1. The molecule has 1 saturated carbocycles. The summed E-state index contributed by atoms with van der Waals surface area (Å²) >= 11 is 4.07. The van der Waals surface area contributed by atoms with Crippen molar-refractivity contribution in [3.05, 3.63) is 69.6 Å². The molecule has 18 heteroatoms. The second-order valence-electron chi connectivity index (χ2n) is 11.7. The van der Waals surface area contributed by atoms with E-state index in [1.54, 1.807) is 31.3 Å². The molecule has 1 aliphatic rings. The van der Waals surface area contributed by atoms with E-state index in [-0.39, 0.29) is 56.4 Å². The van der Waals surface area contributed by atoms with Crippen LogP contribution in [0.3, 0.4) is 0 Å². The molecule has 5 atom stereocenters. The molecule has 0 radical (unpaired) electrons. The maximum Gasteiger partial charge on any atom is 0.312 e. The van der Waals surface area contributed by atoms with Crippen molar-refractivity contribution in [2.75, 3.05) is 40.5 Å². The number of hydrogen-bond donors (Lipinski definition) is 0. The summed E-state index contributed by atoms with van der Waals surface area (Å²) < 4.78 is 39.0. The molecule has 1 aliphatic carbocycles. The summed E-state index contributed by atoms with van der Waals surface area (Å²) in [4.78, 5) is 67.4. The number of halogens is 1. The highest BCUT2D eigenvalue weighted by Gasteiger charge is 2.53. The molecule has 0 aliphatic heterocycles. The van der Waals surface area contributed by atoms with E-state index in [9.17, 15) is 24.0 Å². The Hall–Kier alpha value is -4.51. The lowest BCUT2D eigenvalue weighted by atomic mass is 9.73. The van der Waals surface area contributed by atoms with Gasteiger partial charge in [0.1, 0.15) is 17.6 Å². The van der Waals surface area contributed by atoms with Gasteiger partial charge in [-0.15, -0.1) is 0 Å². The number of rotatable bonds is 18. The largest absolute Gasteiger partial charge is 0.469 e. The van der Waals surface area contributed by atoms with E-state index in [1.807, 2.05) is 12.1 Å². The molecule has 0 bridgehead atoms. The van der Waals surface area contributed by atoms with Gasteiger partial charge in [-0.05, 0) is 53.8 Å². The molecule has 1 amide bonds. The van der Waals surface area contributed by atoms with Crippen LogP contribution in [0.25, 0.3) is 10.4 Å². The van der Waals surface area contributed by atoms with E-state index < -0.39 is 54.0 Å². The third-order valence-electron chi connectivity index (χ3n) is 7.92. The first-order valence-electron chi connectivity index (χ1n) is 16.1. The van der Waals surface area contributed by atoms with Crippen molar-refractivity contribution < 1.29 is 56.0 Å². The van der Waals surface area contributed by atoms with Gasteiger partial charge in [-0.25, -0.2) is 0 Å². The van der Waals surface area contributed by atoms with E-state index in [1.165, 1.54) is 25.0 Å². The van der Waals surface area contributed by atoms with E-state index >= 15 is 0 Å². The first kappa shape index (κ1) is 41.9. The van der Waals surface area contributed by atoms with Crippen LogP contribution in [-0.2, 0) is 54.6 Å². The van der Waals surface area contributed by atoms with Gasteiger partial charge in [0.25, 0.3) is 18.2 Å². The number of likely N-dealkylation sites (N-methyl/N-ethyl adjacent to an activating group) is 1. The number of carbonyl (C=O) groups excluding carboxylic acids is 5. The molecule has 0 saturated heterocycles. The number of esters is 4. The van der Waals surface area contributed by atoms with E-state index in [2.05, 4.69) is 26.0 Å². The van der Waals surface area contributed by atoms with Crippen LogP contribution in [-0.4, -0.2) is 93.5 Å². The zero-order valence-corrected chi connectivity index (χ0v) is 31.8. The number of hydrogen-bond acceptors (Lipinski definition) is 14. The van der Waals surface area contributed by atoms with Crippen molar-refractivity contribution in [2.45, 2.75) is 57.3 Å². The molecule has 282 valence electrons. The van der Waals surface area contributed by atoms with Crippen molar-refractivity contribution in [3.63, 3.8) is 0 Å². The predicted octanol–water partition coefficient (Wildman–Crippen LogP) is 5.15. The SMILES string of the molecule is COC(=O)[C@H]1C[C@@H](Cc2ccc(C(=O)N(C)CCOCCN=[N+]=[N-])cc2OSOc2ccc(CBr)cc2)[C@H](OC(C)=O)[C@@H](OC(C)=O)[C@@H]1OC(C)=O. The van der Waals surface area contributed by atoms with Crippen molar-refractivity contribution in [1.29, 1.82) is 0 Å². The quantitative estimate of drug-likeness (QED) is 0.0280. The number of nitrogens with zero attached hydrogens (tertiary/aromatic N) is 4. The Morgan fingerprint density at radius 3 is 2.19 bits per heavy atom. The Morgan fingerprint density at radius 1 is 0.923 bits per heavy atom. The van der Waals surface area contributed by atoms with Gasteiger partial charge >= 0.3 is 23.9 Å². The Kier molecular flexibility index (Phi) is 17.0. The summed E-state index contributed by atoms with van der Waals surface area (Å²) in [5.74, 6) is -4.28. The lowest BCUT2D eigenvalue weighted by molar-refractivity contribution is -0.208. The average molecular weight is 810 g/mol. The van der Waals surface area contributed by atoms with E-state index in [4.69, 9.17) is 37.6 Å². The van der Waals surface area contributed by atoms with Crippen LogP contribution < -0.4 is 8.37 Å². The third-order valence-corrected chi connectivity index (χ3v) is 9.08. The van der Waals surface area contributed by atoms with E-state index in [0.29, 0.717) is 29.0 Å². The monoisotopic (exact) mass is 808 g/mol. The Balaban J connectivity index is 1.97. The Morgan fingerprint density at radius 2 is 1.58 bits per heavy atom. The molecule has 0 unspecified atom stereocenters. The van der Waals surface area contributed by atoms with Crippen molar-refractivity contribution in [3.8, 4) is 11.5 Å². The van der Waals surface area contributed by atoms with E-state index in [0.717, 1.165) is 19.4 Å². The second kappa shape index (κ2) is 21.1. The molecule has 52 heavy (non-hydrogen) atoms. The minimum Gasteiger partial charge on any atom is -0.469 e. The number of methoxy groups -OCH3 is 1. The first-order valence-corrected chi connectivity index (χ1v) is 17.9. The van der Waals surface area contributed by atoms with Gasteiger partial charge in [0, 0.05) is 62.6 Å². The normalized spacial score (nSPS) is 19.3. The van der Waals surface area contributed by atoms with Crippen LogP contribution >= 0.6 is 28.3 Å². The minimum absolute atomic E-state index is 0.00638. The predicted molar refractivity (Wildman–Crippen MR) is 190 cm³/mol. The zero-order valence-electron chi connectivity index (χ0n) is 29.4. The first-order chi connectivity index (χ1) is 24.9. The van der Waals surface area contributed by atoms with Gasteiger partial charge in [-0.1, -0.05) is 39.2 Å². The molecule has 16 nitrogen and oxygen atoms in total. The molecule has 2 aromatic carbocycles. The summed E-state index contributed by atoms with van der Waals surface area (Å²) in [6.07, 6.45) is -3.70. The zero-order chi connectivity index (χ0) is 38.2. The van der Waals surface area contributed by atoms with Crippen molar-refractivity contribution >= 4 is 58.0 Å². The summed E-state index contributed by atoms with van der Waals surface area (Å²) in [6.45, 7) is 4.31. The smallest absolute Gasteiger partial charge is 0.312 e. The molecular weight excluding hydrogens is 768 g/mol. The Bertz CT molecular complexity index is 1610. The fourth-order valence-corrected chi connectivity index (χ4v) is 6.43. The lowest BCUT2D eigenvalue weighted by Crippen LogP contribution is -2.58. The van der Waals surface area contributed by atoms with Gasteiger partial charge in [0.2, 0.25) is 0 Å². The average Bonchev–Trinajstić information content (AvgIpc) is 3.11. The molecule has 0 aromatic heterocycles. The maximum absolute atomic E-state index is 13.4. The van der Waals surface area contributed by atoms with Crippen LogP contribution in [0.2, 0.25) is 0 Å². The number of ether oxygens (including phenoxy) is 5. The number of benzene rings is 2. The molecule has 2 aromatic rings. The number of carbonyl (C=O) groups is 5. The molecule has 0 N–H and O–H groups in total. The molecule has 1 fully saturated rings. The Labute approximate surface area is 313 Å². The van der Waals surface area contributed by atoms with Crippen LogP contribution in [0.4, 0.5) is 0 Å².